The molecule has 0 atom stereocenters. The van der Waals surface area contributed by atoms with Crippen LogP contribution in [0.3, 0.4) is 0 Å². The smallest absolute Gasteiger partial charge is 0.245 e. The standard InChI is InChI=1S/C23H20N4OS/c1-16-24-20-13-26(14-22(20)29-16)23(28)15-27-21(18-10-6-3-7-11-18)12-19(25-27)17-8-4-2-5-9-17/h2-12H,13-15H2,1H3. The van der Waals surface area contributed by atoms with Crippen LogP contribution >= 0.6 is 11.3 Å². The van der Waals surface area contributed by atoms with Crippen molar-refractivity contribution in [1.82, 2.24) is 19.7 Å². The lowest BCUT2D eigenvalue weighted by Crippen LogP contribution is -2.30. The lowest BCUT2D eigenvalue weighted by atomic mass is 10.1. The minimum absolute atomic E-state index is 0.0627. The van der Waals surface area contributed by atoms with Crippen molar-refractivity contribution in [1.29, 1.82) is 0 Å². The van der Waals surface area contributed by atoms with Gasteiger partial charge in [0.05, 0.1) is 35.2 Å². The number of hydrogen-bond donors (Lipinski definition) is 0. The average molecular weight is 401 g/mol. The molecule has 0 radical (unpaired) electrons. The van der Waals surface area contributed by atoms with Gasteiger partial charge in [-0.05, 0) is 18.6 Å². The van der Waals surface area contributed by atoms with Crippen LogP contribution in [0.25, 0.3) is 22.5 Å². The largest absolute Gasteiger partial charge is 0.330 e. The maximum atomic E-state index is 13.0. The number of amides is 1. The summed E-state index contributed by atoms with van der Waals surface area (Å²) >= 11 is 1.68. The molecule has 1 aliphatic heterocycles. The van der Waals surface area contributed by atoms with Crippen molar-refractivity contribution in [2.24, 2.45) is 0 Å². The van der Waals surface area contributed by atoms with E-state index in [1.54, 1.807) is 11.3 Å². The molecule has 0 unspecified atom stereocenters. The second kappa shape index (κ2) is 7.29. The molecule has 3 heterocycles. The highest BCUT2D eigenvalue weighted by Crippen LogP contribution is 2.29. The monoisotopic (exact) mass is 400 g/mol. The highest BCUT2D eigenvalue weighted by molar-refractivity contribution is 7.11. The van der Waals surface area contributed by atoms with E-state index in [0.29, 0.717) is 13.1 Å². The zero-order valence-corrected chi connectivity index (χ0v) is 16.9. The summed E-state index contributed by atoms with van der Waals surface area (Å²) in [6.45, 7) is 3.46. The van der Waals surface area contributed by atoms with Gasteiger partial charge in [-0.2, -0.15) is 5.10 Å². The number of aromatic nitrogens is 3. The number of benzene rings is 2. The number of thiazole rings is 1. The van der Waals surface area contributed by atoms with Crippen molar-refractivity contribution in [3.05, 3.63) is 82.3 Å². The summed E-state index contributed by atoms with van der Waals surface area (Å²) in [6, 6.07) is 22.2. The molecule has 0 aliphatic carbocycles. The number of rotatable bonds is 4. The van der Waals surface area contributed by atoms with Crippen LogP contribution < -0.4 is 0 Å². The number of hydrogen-bond acceptors (Lipinski definition) is 4. The highest BCUT2D eigenvalue weighted by Gasteiger charge is 2.27. The number of nitrogens with zero attached hydrogens (tertiary/aromatic N) is 4. The summed E-state index contributed by atoms with van der Waals surface area (Å²) in [5, 5.41) is 5.84. The van der Waals surface area contributed by atoms with Crippen molar-refractivity contribution >= 4 is 17.2 Å². The summed E-state index contributed by atoms with van der Waals surface area (Å²) < 4.78 is 1.82. The fourth-order valence-corrected chi connectivity index (χ4v) is 4.66. The van der Waals surface area contributed by atoms with E-state index in [2.05, 4.69) is 11.1 Å². The van der Waals surface area contributed by atoms with Gasteiger partial charge in [-0.1, -0.05) is 60.7 Å². The first kappa shape index (κ1) is 17.8. The van der Waals surface area contributed by atoms with Crippen molar-refractivity contribution in [3.63, 3.8) is 0 Å². The molecule has 0 spiro atoms. The fourth-order valence-electron chi connectivity index (χ4n) is 3.70. The summed E-state index contributed by atoms with van der Waals surface area (Å²) in [4.78, 5) is 20.6. The topological polar surface area (TPSA) is 51.0 Å². The van der Waals surface area contributed by atoms with Gasteiger partial charge in [-0.15, -0.1) is 11.3 Å². The molecule has 1 aliphatic rings. The van der Waals surface area contributed by atoms with Crippen LogP contribution in [0.2, 0.25) is 0 Å². The van der Waals surface area contributed by atoms with Crippen LogP contribution in [0.5, 0.6) is 0 Å². The van der Waals surface area contributed by atoms with Crippen LogP contribution in [0, 0.1) is 6.92 Å². The quantitative estimate of drug-likeness (QED) is 0.506. The minimum Gasteiger partial charge on any atom is -0.330 e. The number of carbonyl (C=O) groups excluding carboxylic acids is 1. The first-order valence-corrected chi connectivity index (χ1v) is 10.4. The predicted octanol–water partition coefficient (Wildman–Crippen LogP) is 4.52. The fraction of sp³-hybridized carbons (Fsp3) is 0.174. The zero-order valence-electron chi connectivity index (χ0n) is 16.1. The lowest BCUT2D eigenvalue weighted by molar-refractivity contribution is -0.132. The van der Waals surface area contributed by atoms with Gasteiger partial charge in [0.2, 0.25) is 5.91 Å². The predicted molar refractivity (Wildman–Crippen MR) is 114 cm³/mol. The van der Waals surface area contributed by atoms with E-state index in [0.717, 1.165) is 33.2 Å². The Kier molecular flexibility index (Phi) is 4.48. The van der Waals surface area contributed by atoms with E-state index >= 15 is 0 Å². The third kappa shape index (κ3) is 3.47. The first-order valence-electron chi connectivity index (χ1n) is 9.59. The molecule has 0 N–H and O–H groups in total. The Morgan fingerprint density at radius 3 is 2.38 bits per heavy atom. The highest BCUT2D eigenvalue weighted by atomic mass is 32.1. The molecule has 2 aromatic carbocycles. The molecule has 6 heteroatoms. The normalized spacial score (nSPS) is 12.9. The van der Waals surface area contributed by atoms with Gasteiger partial charge in [0.25, 0.3) is 0 Å². The third-order valence-electron chi connectivity index (χ3n) is 5.12. The van der Waals surface area contributed by atoms with Crippen molar-refractivity contribution in [2.75, 3.05) is 0 Å². The van der Waals surface area contributed by atoms with Gasteiger partial charge >= 0.3 is 0 Å². The molecule has 5 rings (SSSR count). The maximum absolute atomic E-state index is 13.0. The Morgan fingerprint density at radius 1 is 1.00 bits per heavy atom. The molecule has 4 aromatic rings. The van der Waals surface area contributed by atoms with Crippen LogP contribution in [-0.2, 0) is 24.4 Å². The van der Waals surface area contributed by atoms with Crippen molar-refractivity contribution < 1.29 is 4.79 Å². The summed E-state index contributed by atoms with van der Waals surface area (Å²) in [5.74, 6) is 0.0627. The van der Waals surface area contributed by atoms with E-state index < -0.39 is 0 Å². The average Bonchev–Trinajstić information content (AvgIpc) is 3.42. The van der Waals surface area contributed by atoms with E-state index in [-0.39, 0.29) is 12.5 Å². The molecular formula is C23H20N4OS. The molecule has 0 bridgehead atoms. The van der Waals surface area contributed by atoms with Gasteiger partial charge < -0.3 is 4.90 Å². The van der Waals surface area contributed by atoms with Gasteiger partial charge in [0, 0.05) is 10.4 Å². The molecule has 0 saturated carbocycles. The van der Waals surface area contributed by atoms with Crippen molar-refractivity contribution in [3.8, 4) is 22.5 Å². The summed E-state index contributed by atoms with van der Waals surface area (Å²) in [7, 11) is 0. The number of aryl methyl sites for hydroxylation is 1. The molecule has 1 amide bonds. The second-order valence-corrected chi connectivity index (χ2v) is 8.44. The van der Waals surface area contributed by atoms with Crippen LogP contribution in [-0.4, -0.2) is 25.6 Å². The van der Waals surface area contributed by atoms with Gasteiger partial charge in [-0.3, -0.25) is 9.48 Å². The molecule has 0 fully saturated rings. The number of carbonyl (C=O) groups is 1. The van der Waals surface area contributed by atoms with Gasteiger partial charge in [0.1, 0.15) is 6.54 Å². The third-order valence-corrected chi connectivity index (χ3v) is 6.11. The van der Waals surface area contributed by atoms with E-state index in [9.17, 15) is 4.79 Å². The molecule has 2 aromatic heterocycles. The van der Waals surface area contributed by atoms with E-state index in [1.807, 2.05) is 77.2 Å². The molecule has 0 saturated heterocycles. The first-order chi connectivity index (χ1) is 14.2. The molecule has 144 valence electrons. The van der Waals surface area contributed by atoms with E-state index in [4.69, 9.17) is 5.10 Å². The van der Waals surface area contributed by atoms with E-state index in [1.165, 1.54) is 4.88 Å². The Hall–Kier alpha value is -3.25. The zero-order chi connectivity index (χ0) is 19.8. The van der Waals surface area contributed by atoms with Crippen LogP contribution in [0.1, 0.15) is 15.6 Å². The Morgan fingerprint density at radius 2 is 1.69 bits per heavy atom. The second-order valence-electron chi connectivity index (χ2n) is 7.16. The van der Waals surface area contributed by atoms with Gasteiger partial charge in [0.15, 0.2) is 0 Å². The van der Waals surface area contributed by atoms with Gasteiger partial charge in [-0.25, -0.2) is 4.98 Å². The molecule has 29 heavy (non-hydrogen) atoms. The lowest BCUT2D eigenvalue weighted by Gasteiger charge is -2.16. The maximum Gasteiger partial charge on any atom is 0.245 e. The SMILES string of the molecule is Cc1nc2c(s1)CN(C(=O)Cn1nc(-c3ccccc3)cc1-c1ccccc1)C2. The van der Waals surface area contributed by atoms with Crippen molar-refractivity contribution in [2.45, 2.75) is 26.6 Å². The summed E-state index contributed by atoms with van der Waals surface area (Å²) in [6.07, 6.45) is 0. The Balaban J connectivity index is 1.45. The minimum atomic E-state index is 0.0627. The molecule has 5 nitrogen and oxygen atoms in total. The molecular weight excluding hydrogens is 380 g/mol. The number of fused-ring (bicyclic) bond motifs is 1. The van der Waals surface area contributed by atoms with Crippen LogP contribution in [0.4, 0.5) is 0 Å². The Bertz CT molecular complexity index is 1140. The van der Waals surface area contributed by atoms with Crippen LogP contribution in [0.15, 0.2) is 66.7 Å². The Labute approximate surface area is 173 Å². The summed E-state index contributed by atoms with van der Waals surface area (Å²) in [5.41, 5.74) is 4.94.